The van der Waals surface area contributed by atoms with Crippen LogP contribution in [0.3, 0.4) is 0 Å². The van der Waals surface area contributed by atoms with E-state index in [-0.39, 0.29) is 17.9 Å². The third-order valence-corrected chi connectivity index (χ3v) is 5.90. The second-order valence-corrected chi connectivity index (χ2v) is 7.51. The quantitative estimate of drug-likeness (QED) is 0.426. The van der Waals surface area contributed by atoms with Crippen LogP contribution < -0.4 is 16.0 Å². The molecule has 3 N–H and O–H groups in total. The molecule has 2 saturated heterocycles. The van der Waals surface area contributed by atoms with Crippen LogP contribution in [0.25, 0.3) is 0 Å². The van der Waals surface area contributed by atoms with E-state index in [1.165, 1.54) is 5.56 Å². The van der Waals surface area contributed by atoms with Crippen molar-refractivity contribution in [3.63, 3.8) is 0 Å². The summed E-state index contributed by atoms with van der Waals surface area (Å²) in [7, 11) is 1.80. The Morgan fingerprint density at radius 2 is 2.20 bits per heavy atom. The maximum atomic E-state index is 12.1. The highest BCUT2D eigenvalue weighted by molar-refractivity contribution is 7.07. The Bertz CT molecular complexity index is 652. The lowest BCUT2D eigenvalue weighted by Gasteiger charge is -2.39. The monoisotopic (exact) mass is 363 g/mol. The van der Waals surface area contributed by atoms with E-state index in [0.717, 1.165) is 44.9 Å². The summed E-state index contributed by atoms with van der Waals surface area (Å²) in [5, 5.41) is 12.8. The molecule has 0 aromatic carbocycles. The molecule has 0 saturated carbocycles. The van der Waals surface area contributed by atoms with Crippen molar-refractivity contribution in [1.82, 2.24) is 20.9 Å². The van der Waals surface area contributed by atoms with Crippen LogP contribution in [0.4, 0.5) is 4.79 Å². The van der Waals surface area contributed by atoms with Gasteiger partial charge in [-0.1, -0.05) is 0 Å². The number of hydrogen-bond donors (Lipinski definition) is 3. The first-order valence-electron chi connectivity index (χ1n) is 8.63. The fourth-order valence-corrected chi connectivity index (χ4v) is 4.30. The van der Waals surface area contributed by atoms with Gasteiger partial charge in [0.25, 0.3) is 5.91 Å². The summed E-state index contributed by atoms with van der Waals surface area (Å²) >= 11 is 1.71. The zero-order chi connectivity index (χ0) is 17.9. The number of carbonyl (C=O) groups excluding carboxylic acids is 2. The van der Waals surface area contributed by atoms with E-state index >= 15 is 0 Å². The second kappa shape index (κ2) is 7.43. The Morgan fingerprint density at radius 1 is 1.44 bits per heavy atom. The van der Waals surface area contributed by atoms with E-state index in [1.54, 1.807) is 18.4 Å². The number of amides is 3. The van der Waals surface area contributed by atoms with Gasteiger partial charge >= 0.3 is 6.03 Å². The molecule has 1 aromatic rings. The Morgan fingerprint density at radius 3 is 2.76 bits per heavy atom. The van der Waals surface area contributed by atoms with Crippen LogP contribution in [0.15, 0.2) is 21.8 Å². The molecule has 3 heterocycles. The molecule has 25 heavy (non-hydrogen) atoms. The molecule has 2 aliphatic heterocycles. The van der Waals surface area contributed by atoms with Gasteiger partial charge in [0.05, 0.1) is 0 Å². The lowest BCUT2D eigenvalue weighted by molar-refractivity contribution is -0.125. The van der Waals surface area contributed by atoms with E-state index in [2.05, 4.69) is 42.7 Å². The Balaban J connectivity index is 1.50. The average molecular weight is 363 g/mol. The van der Waals surface area contributed by atoms with Crippen LogP contribution in [0.5, 0.6) is 0 Å². The van der Waals surface area contributed by atoms with Crippen molar-refractivity contribution in [2.75, 3.05) is 26.7 Å². The number of thiophene rings is 1. The summed E-state index contributed by atoms with van der Waals surface area (Å²) in [6.07, 6.45) is 2.66. The number of hydrogen-bond acceptors (Lipinski definition) is 4. The minimum atomic E-state index is -0.793. The number of likely N-dealkylation sites (tertiary alicyclic amines) is 1. The van der Waals surface area contributed by atoms with Gasteiger partial charge in [-0.15, -0.1) is 0 Å². The SMILES string of the molecule is CN=C(NCCc1ccsc1)N1CCC(C2(C)NC(=O)NC2=O)CC1. The standard InChI is InChI=1S/C17H25N5O2S/c1-17(14(23)20-16(24)21-17)13-4-8-22(9-5-13)15(18-2)19-7-3-12-6-10-25-11-12/h6,10-11,13H,3-5,7-9H2,1-2H3,(H,18,19)(H2,20,21,23,24). The zero-order valence-electron chi connectivity index (χ0n) is 14.7. The first kappa shape index (κ1) is 17.7. The molecule has 136 valence electrons. The Hall–Kier alpha value is -2.09. The molecule has 0 bridgehead atoms. The van der Waals surface area contributed by atoms with Crippen molar-refractivity contribution in [2.45, 2.75) is 31.7 Å². The Kier molecular flexibility index (Phi) is 5.27. The number of aliphatic imine (C=N–C) groups is 1. The minimum absolute atomic E-state index is 0.138. The van der Waals surface area contributed by atoms with Gasteiger partial charge in [-0.3, -0.25) is 15.1 Å². The molecule has 7 nitrogen and oxygen atoms in total. The van der Waals surface area contributed by atoms with Crippen LogP contribution in [0.1, 0.15) is 25.3 Å². The smallest absolute Gasteiger partial charge is 0.322 e. The number of urea groups is 1. The number of imide groups is 1. The van der Waals surface area contributed by atoms with Gasteiger partial charge in [0.1, 0.15) is 5.54 Å². The molecule has 1 unspecified atom stereocenters. The topological polar surface area (TPSA) is 85.8 Å². The van der Waals surface area contributed by atoms with Crippen molar-refractivity contribution in [3.05, 3.63) is 22.4 Å². The largest absolute Gasteiger partial charge is 0.356 e. The van der Waals surface area contributed by atoms with E-state index < -0.39 is 5.54 Å². The second-order valence-electron chi connectivity index (χ2n) is 6.73. The summed E-state index contributed by atoms with van der Waals surface area (Å²) in [4.78, 5) is 30.2. The average Bonchev–Trinajstić information content (AvgIpc) is 3.20. The van der Waals surface area contributed by atoms with Crippen molar-refractivity contribution < 1.29 is 9.59 Å². The van der Waals surface area contributed by atoms with Gasteiger partial charge < -0.3 is 15.5 Å². The van der Waals surface area contributed by atoms with Gasteiger partial charge in [-0.25, -0.2) is 4.79 Å². The number of guanidine groups is 1. The van der Waals surface area contributed by atoms with Crippen molar-refractivity contribution in [2.24, 2.45) is 10.9 Å². The molecule has 0 aliphatic carbocycles. The van der Waals surface area contributed by atoms with Gasteiger partial charge in [-0.05, 0) is 54.5 Å². The summed E-state index contributed by atoms with van der Waals surface area (Å²) in [5.74, 6) is 0.826. The van der Waals surface area contributed by atoms with E-state index in [9.17, 15) is 9.59 Å². The molecule has 2 aliphatic rings. The molecule has 8 heteroatoms. The third kappa shape index (κ3) is 3.78. The molecular weight excluding hydrogens is 338 g/mol. The zero-order valence-corrected chi connectivity index (χ0v) is 15.5. The summed E-state index contributed by atoms with van der Waals surface area (Å²) in [5.41, 5.74) is 0.543. The lowest BCUT2D eigenvalue weighted by Crippen LogP contribution is -2.55. The molecule has 1 aromatic heterocycles. The molecule has 0 radical (unpaired) electrons. The van der Waals surface area contributed by atoms with Crippen molar-refractivity contribution in [1.29, 1.82) is 0 Å². The number of nitrogens with zero attached hydrogens (tertiary/aromatic N) is 2. The van der Waals surface area contributed by atoms with Crippen LogP contribution in [-0.2, 0) is 11.2 Å². The fraction of sp³-hybridized carbons (Fsp3) is 0.588. The van der Waals surface area contributed by atoms with Gasteiger partial charge in [0, 0.05) is 26.7 Å². The number of piperidine rings is 1. The summed E-state index contributed by atoms with van der Waals surface area (Å²) in [6, 6.07) is 1.75. The Labute approximate surface area is 151 Å². The maximum absolute atomic E-state index is 12.1. The van der Waals surface area contributed by atoms with E-state index in [1.807, 2.05) is 6.92 Å². The molecule has 2 fully saturated rings. The molecule has 3 rings (SSSR count). The predicted octanol–water partition coefficient (Wildman–Crippen LogP) is 1.18. The number of carbonyl (C=O) groups is 2. The van der Waals surface area contributed by atoms with Gasteiger partial charge in [-0.2, -0.15) is 11.3 Å². The highest BCUT2D eigenvalue weighted by atomic mass is 32.1. The van der Waals surface area contributed by atoms with Gasteiger partial charge in [0.2, 0.25) is 0 Å². The van der Waals surface area contributed by atoms with Crippen LogP contribution in [0, 0.1) is 5.92 Å². The van der Waals surface area contributed by atoms with Crippen LogP contribution in [-0.4, -0.2) is 55.0 Å². The van der Waals surface area contributed by atoms with E-state index in [4.69, 9.17) is 0 Å². The van der Waals surface area contributed by atoms with Crippen LogP contribution >= 0.6 is 11.3 Å². The maximum Gasteiger partial charge on any atom is 0.322 e. The first-order valence-corrected chi connectivity index (χ1v) is 9.57. The summed E-state index contributed by atoms with van der Waals surface area (Å²) in [6.45, 7) is 4.31. The molecule has 3 amide bonds. The highest BCUT2D eigenvalue weighted by Crippen LogP contribution is 2.30. The molecule has 1 atom stereocenters. The molecular formula is C17H25N5O2S. The minimum Gasteiger partial charge on any atom is -0.356 e. The third-order valence-electron chi connectivity index (χ3n) is 5.17. The fourth-order valence-electron chi connectivity index (χ4n) is 3.60. The highest BCUT2D eigenvalue weighted by Gasteiger charge is 2.48. The summed E-state index contributed by atoms with van der Waals surface area (Å²) < 4.78 is 0. The predicted molar refractivity (Wildman–Crippen MR) is 98.8 cm³/mol. The van der Waals surface area contributed by atoms with Gasteiger partial charge in [0.15, 0.2) is 5.96 Å². The van der Waals surface area contributed by atoms with E-state index in [0.29, 0.717) is 0 Å². The number of rotatable bonds is 4. The van der Waals surface area contributed by atoms with Crippen LogP contribution in [0.2, 0.25) is 0 Å². The van der Waals surface area contributed by atoms with Crippen molar-refractivity contribution >= 4 is 29.2 Å². The normalized spacial score (nSPS) is 25.0. The molecule has 0 spiro atoms. The first-order chi connectivity index (χ1) is 12.0. The lowest BCUT2D eigenvalue weighted by atomic mass is 9.79. The van der Waals surface area contributed by atoms with Crippen molar-refractivity contribution in [3.8, 4) is 0 Å². The number of nitrogens with one attached hydrogen (secondary N) is 3.